The average molecular weight is 388 g/mol. The van der Waals surface area contributed by atoms with Crippen molar-refractivity contribution in [1.29, 1.82) is 0 Å². The van der Waals surface area contributed by atoms with Crippen molar-refractivity contribution < 1.29 is 18.7 Å². The Hall–Kier alpha value is -1.05. The molecule has 142 valence electrons. The largest absolute Gasteiger partial charge is 0.415 e. The van der Waals surface area contributed by atoms with Crippen LogP contribution in [0.15, 0.2) is 17.1 Å². The minimum absolute atomic E-state index is 0.140. The number of nitrogens with two attached hydrogens (primary N) is 1. The maximum atomic E-state index is 12.2. The molecule has 1 aromatic heterocycles. The third kappa shape index (κ3) is 5.46. The highest BCUT2D eigenvalue weighted by atomic mass is 28.4. The van der Waals surface area contributed by atoms with Gasteiger partial charge in [0, 0.05) is 6.20 Å². The van der Waals surface area contributed by atoms with Crippen molar-refractivity contribution in [2.24, 2.45) is 0 Å². The zero-order chi connectivity index (χ0) is 19.0. The Labute approximate surface area is 150 Å². The van der Waals surface area contributed by atoms with E-state index in [4.69, 9.17) is 19.3 Å². The Morgan fingerprint density at radius 3 is 2.44 bits per heavy atom. The van der Waals surface area contributed by atoms with E-state index in [1.165, 1.54) is 16.8 Å². The smallest absolute Gasteiger partial charge is 0.351 e. The van der Waals surface area contributed by atoms with E-state index >= 15 is 0 Å². The molecule has 1 fully saturated rings. The number of nitrogens with zero attached hydrogens (tertiary/aromatic N) is 2. The number of aromatic nitrogens is 2. The molecular weight excluding hydrogens is 358 g/mol. The standard InChI is InChI=1S/C15H29N3O5Si2/c1-24(2,3)21-9-10-12(19)13(23-25(4,5)6)14(22-10)18-8-7-11(16)17-15(18)20/h7-8,10,12-14,19H,9H2,1-6H3,(H2,16,17,20). The third-order valence-electron chi connectivity index (χ3n) is 3.61. The maximum Gasteiger partial charge on any atom is 0.351 e. The van der Waals surface area contributed by atoms with Gasteiger partial charge in [0.2, 0.25) is 0 Å². The van der Waals surface area contributed by atoms with Gasteiger partial charge in [-0.05, 0) is 45.3 Å². The highest BCUT2D eigenvalue weighted by Gasteiger charge is 2.47. The molecule has 1 saturated heterocycles. The molecule has 0 aromatic carbocycles. The second-order valence-electron chi connectivity index (χ2n) is 8.22. The fourth-order valence-electron chi connectivity index (χ4n) is 2.57. The van der Waals surface area contributed by atoms with Crippen molar-refractivity contribution in [3.8, 4) is 0 Å². The summed E-state index contributed by atoms with van der Waals surface area (Å²) < 4.78 is 19.3. The van der Waals surface area contributed by atoms with E-state index in [1.807, 2.05) is 19.6 Å². The monoisotopic (exact) mass is 387 g/mol. The summed E-state index contributed by atoms with van der Waals surface area (Å²) in [6, 6.07) is 1.52. The molecule has 10 heteroatoms. The molecule has 25 heavy (non-hydrogen) atoms. The van der Waals surface area contributed by atoms with Crippen LogP contribution in [-0.4, -0.2) is 56.2 Å². The second kappa shape index (κ2) is 7.29. The lowest BCUT2D eigenvalue weighted by Gasteiger charge is -2.29. The molecule has 2 rings (SSSR count). The summed E-state index contributed by atoms with van der Waals surface area (Å²) in [5.41, 5.74) is 5.02. The lowest BCUT2D eigenvalue weighted by Crippen LogP contribution is -2.44. The number of aliphatic hydroxyl groups excluding tert-OH is 1. The fraction of sp³-hybridized carbons (Fsp3) is 0.733. The van der Waals surface area contributed by atoms with E-state index in [1.54, 1.807) is 0 Å². The van der Waals surface area contributed by atoms with Crippen molar-refractivity contribution >= 4 is 22.5 Å². The summed E-state index contributed by atoms with van der Waals surface area (Å²) in [6.45, 7) is 12.5. The normalized spacial score (nSPS) is 27.6. The van der Waals surface area contributed by atoms with Crippen LogP contribution in [0.25, 0.3) is 0 Å². The first-order chi connectivity index (χ1) is 11.4. The van der Waals surface area contributed by atoms with Crippen molar-refractivity contribution in [2.45, 2.75) is 63.8 Å². The van der Waals surface area contributed by atoms with Crippen LogP contribution in [0.2, 0.25) is 39.3 Å². The SMILES string of the molecule is C[Si](C)(C)OCC1OC(n2ccc(N)nc2=O)C(O[Si](C)(C)C)C1O. The molecule has 4 unspecified atom stereocenters. The molecule has 3 N–H and O–H groups in total. The van der Waals surface area contributed by atoms with Gasteiger partial charge < -0.3 is 24.4 Å². The number of aliphatic hydroxyl groups is 1. The molecule has 1 aliphatic heterocycles. The van der Waals surface area contributed by atoms with E-state index in [0.717, 1.165) is 0 Å². The zero-order valence-corrected chi connectivity index (χ0v) is 17.7. The summed E-state index contributed by atoms with van der Waals surface area (Å²) in [6.07, 6.45) is -1.37. The van der Waals surface area contributed by atoms with Gasteiger partial charge in [0.1, 0.15) is 24.1 Å². The van der Waals surface area contributed by atoms with Gasteiger partial charge in [0.05, 0.1) is 6.61 Å². The van der Waals surface area contributed by atoms with Gasteiger partial charge in [-0.15, -0.1) is 0 Å². The summed E-state index contributed by atoms with van der Waals surface area (Å²) >= 11 is 0. The van der Waals surface area contributed by atoms with E-state index in [9.17, 15) is 9.90 Å². The van der Waals surface area contributed by atoms with Crippen LogP contribution in [0, 0.1) is 0 Å². The third-order valence-corrected chi connectivity index (χ3v) is 5.62. The van der Waals surface area contributed by atoms with Gasteiger partial charge in [-0.2, -0.15) is 4.98 Å². The quantitative estimate of drug-likeness (QED) is 0.705. The van der Waals surface area contributed by atoms with Gasteiger partial charge in [-0.3, -0.25) is 4.57 Å². The Morgan fingerprint density at radius 2 is 1.92 bits per heavy atom. The van der Waals surface area contributed by atoms with Crippen LogP contribution in [-0.2, 0) is 13.6 Å². The average Bonchev–Trinajstić information content (AvgIpc) is 2.71. The molecule has 0 bridgehead atoms. The fourth-order valence-corrected chi connectivity index (χ4v) is 4.30. The Bertz CT molecular complexity index is 656. The first kappa shape index (κ1) is 20.3. The van der Waals surface area contributed by atoms with Crippen LogP contribution in [0.3, 0.4) is 0 Å². The van der Waals surface area contributed by atoms with Gasteiger partial charge in [0.15, 0.2) is 22.9 Å². The summed E-state index contributed by atoms with van der Waals surface area (Å²) in [4.78, 5) is 15.9. The molecule has 0 saturated carbocycles. The van der Waals surface area contributed by atoms with Gasteiger partial charge in [0.25, 0.3) is 0 Å². The van der Waals surface area contributed by atoms with Crippen LogP contribution < -0.4 is 11.4 Å². The molecule has 1 aliphatic rings. The van der Waals surface area contributed by atoms with Crippen LogP contribution in [0.1, 0.15) is 6.23 Å². The number of hydrogen-bond acceptors (Lipinski definition) is 7. The van der Waals surface area contributed by atoms with Crippen molar-refractivity contribution in [1.82, 2.24) is 9.55 Å². The Kier molecular flexibility index (Phi) is 5.91. The molecule has 8 nitrogen and oxygen atoms in total. The Morgan fingerprint density at radius 1 is 1.28 bits per heavy atom. The van der Waals surface area contributed by atoms with Gasteiger partial charge in [-0.1, -0.05) is 0 Å². The number of ether oxygens (including phenoxy) is 1. The number of anilines is 1. The highest BCUT2D eigenvalue weighted by molar-refractivity contribution is 6.70. The van der Waals surface area contributed by atoms with E-state index < -0.39 is 46.9 Å². The molecule has 2 heterocycles. The molecular formula is C15H29N3O5Si2. The summed E-state index contributed by atoms with van der Waals surface area (Å²) in [5, 5.41) is 10.7. The minimum Gasteiger partial charge on any atom is -0.415 e. The van der Waals surface area contributed by atoms with E-state index in [2.05, 4.69) is 24.6 Å². The van der Waals surface area contributed by atoms with Crippen LogP contribution in [0.5, 0.6) is 0 Å². The van der Waals surface area contributed by atoms with Crippen LogP contribution in [0.4, 0.5) is 5.82 Å². The minimum atomic E-state index is -1.99. The lowest BCUT2D eigenvalue weighted by atomic mass is 10.1. The molecule has 0 aliphatic carbocycles. The molecule has 0 spiro atoms. The lowest BCUT2D eigenvalue weighted by molar-refractivity contribution is -0.0502. The van der Waals surface area contributed by atoms with Gasteiger partial charge >= 0.3 is 5.69 Å². The second-order valence-corrected chi connectivity index (χ2v) is 17.2. The Balaban J connectivity index is 2.29. The number of hydrogen-bond donors (Lipinski definition) is 2. The highest BCUT2D eigenvalue weighted by Crippen LogP contribution is 2.33. The predicted molar refractivity (Wildman–Crippen MR) is 100 cm³/mol. The first-order valence-corrected chi connectivity index (χ1v) is 15.2. The molecule has 4 atom stereocenters. The van der Waals surface area contributed by atoms with E-state index in [-0.39, 0.29) is 12.4 Å². The number of nitrogen functional groups attached to an aromatic ring is 1. The summed E-state index contributed by atoms with van der Waals surface area (Å²) in [7, 11) is -3.75. The van der Waals surface area contributed by atoms with Crippen molar-refractivity contribution in [3.63, 3.8) is 0 Å². The van der Waals surface area contributed by atoms with Gasteiger partial charge in [-0.25, -0.2) is 4.79 Å². The zero-order valence-electron chi connectivity index (χ0n) is 15.7. The molecule has 0 radical (unpaired) electrons. The van der Waals surface area contributed by atoms with E-state index in [0.29, 0.717) is 0 Å². The van der Waals surface area contributed by atoms with Crippen LogP contribution >= 0.6 is 0 Å². The molecule has 0 amide bonds. The number of rotatable bonds is 6. The van der Waals surface area contributed by atoms with Crippen molar-refractivity contribution in [2.75, 3.05) is 12.3 Å². The summed E-state index contributed by atoms with van der Waals surface area (Å²) in [5.74, 6) is 0.140. The maximum absolute atomic E-state index is 12.2. The topological polar surface area (TPSA) is 109 Å². The van der Waals surface area contributed by atoms with Crippen molar-refractivity contribution in [3.05, 3.63) is 22.7 Å². The predicted octanol–water partition coefficient (Wildman–Crippen LogP) is 1.16. The first-order valence-electron chi connectivity index (χ1n) is 8.37. The molecule has 1 aromatic rings.